The second-order valence-corrected chi connectivity index (χ2v) is 6.23. The maximum atomic E-state index is 12.1. The lowest BCUT2D eigenvalue weighted by Crippen LogP contribution is -2.47. The quantitative estimate of drug-likeness (QED) is 0.880. The van der Waals surface area contributed by atoms with Crippen molar-refractivity contribution in [1.82, 2.24) is 10.2 Å². The Balaban J connectivity index is 1.84. The topological polar surface area (TPSA) is 75.4 Å². The van der Waals surface area contributed by atoms with Crippen LogP contribution in [-0.2, 0) is 11.3 Å². The number of primary amides is 1. The highest BCUT2D eigenvalue weighted by atomic mass is 32.1. The third-order valence-electron chi connectivity index (χ3n) is 3.34. The first-order valence-corrected chi connectivity index (χ1v) is 7.25. The maximum absolute atomic E-state index is 12.1. The van der Waals surface area contributed by atoms with Crippen LogP contribution in [0.3, 0.4) is 0 Å². The van der Waals surface area contributed by atoms with E-state index >= 15 is 0 Å². The van der Waals surface area contributed by atoms with Gasteiger partial charge in [0.15, 0.2) is 0 Å². The molecule has 1 aliphatic heterocycles. The second kappa shape index (κ2) is 6.06. The molecule has 0 radical (unpaired) electrons. The number of aryl methyl sites for hydroxylation is 1. The van der Waals surface area contributed by atoms with Crippen LogP contribution in [0.15, 0.2) is 12.1 Å². The summed E-state index contributed by atoms with van der Waals surface area (Å²) in [7, 11) is 0. The van der Waals surface area contributed by atoms with Crippen molar-refractivity contribution in [3.63, 3.8) is 0 Å². The van der Waals surface area contributed by atoms with Crippen LogP contribution >= 0.6 is 11.3 Å². The predicted octanol–water partition coefficient (Wildman–Crippen LogP) is 1.46. The first kappa shape index (κ1) is 13.9. The number of likely N-dealkylation sites (tertiary alicyclic amines) is 1. The van der Waals surface area contributed by atoms with E-state index in [-0.39, 0.29) is 11.8 Å². The van der Waals surface area contributed by atoms with Gasteiger partial charge in [0.1, 0.15) is 0 Å². The van der Waals surface area contributed by atoms with E-state index in [4.69, 9.17) is 5.73 Å². The number of amides is 3. The fraction of sp³-hybridized carbons (Fsp3) is 0.538. The van der Waals surface area contributed by atoms with Gasteiger partial charge in [0, 0.05) is 22.8 Å². The zero-order valence-electron chi connectivity index (χ0n) is 11.0. The zero-order valence-corrected chi connectivity index (χ0v) is 11.8. The summed E-state index contributed by atoms with van der Waals surface area (Å²) in [5.74, 6) is -0.126. The summed E-state index contributed by atoms with van der Waals surface area (Å²) >= 11 is 1.68. The van der Waals surface area contributed by atoms with Crippen molar-refractivity contribution < 1.29 is 9.59 Å². The van der Waals surface area contributed by atoms with Crippen LogP contribution in [0.5, 0.6) is 0 Å². The molecule has 1 aromatic rings. The van der Waals surface area contributed by atoms with E-state index in [9.17, 15) is 9.59 Å². The van der Waals surface area contributed by atoms with Crippen molar-refractivity contribution in [3.05, 3.63) is 21.9 Å². The molecule has 1 aromatic heterocycles. The highest BCUT2D eigenvalue weighted by Crippen LogP contribution is 2.18. The van der Waals surface area contributed by atoms with Gasteiger partial charge >= 0.3 is 6.03 Å². The fourth-order valence-electron chi connectivity index (χ4n) is 2.29. The standard InChI is InChI=1S/C13H19N3O2S/c1-9-4-5-11(19-9)7-15-12(17)10-3-2-6-16(8-10)13(14)18/h4-5,10H,2-3,6-8H2,1H3,(H2,14,18)(H,15,17)/t10-/m0/s1. The van der Waals surface area contributed by atoms with Crippen molar-refractivity contribution in [2.45, 2.75) is 26.3 Å². The van der Waals surface area contributed by atoms with Gasteiger partial charge in [-0.1, -0.05) is 0 Å². The number of carbonyl (C=O) groups excluding carboxylic acids is 2. The average molecular weight is 281 g/mol. The number of nitrogens with zero attached hydrogens (tertiary/aromatic N) is 1. The lowest BCUT2D eigenvalue weighted by molar-refractivity contribution is -0.126. The zero-order chi connectivity index (χ0) is 13.8. The molecule has 1 atom stereocenters. The van der Waals surface area contributed by atoms with E-state index in [0.717, 1.165) is 17.7 Å². The third-order valence-corrected chi connectivity index (χ3v) is 4.34. The van der Waals surface area contributed by atoms with Crippen LogP contribution in [0.1, 0.15) is 22.6 Å². The Kier molecular flexibility index (Phi) is 4.42. The molecular weight excluding hydrogens is 262 g/mol. The summed E-state index contributed by atoms with van der Waals surface area (Å²) < 4.78 is 0. The van der Waals surface area contributed by atoms with Gasteiger partial charge in [-0.05, 0) is 31.9 Å². The van der Waals surface area contributed by atoms with Gasteiger partial charge in [0.05, 0.1) is 12.5 Å². The minimum Gasteiger partial charge on any atom is -0.351 e. The molecule has 3 N–H and O–H groups in total. The number of piperidine rings is 1. The largest absolute Gasteiger partial charge is 0.351 e. The lowest BCUT2D eigenvalue weighted by atomic mass is 9.97. The number of thiophene rings is 1. The Morgan fingerprint density at radius 1 is 1.53 bits per heavy atom. The van der Waals surface area contributed by atoms with E-state index in [1.54, 1.807) is 16.2 Å². The van der Waals surface area contributed by atoms with Gasteiger partial charge in [-0.2, -0.15) is 0 Å². The van der Waals surface area contributed by atoms with Crippen molar-refractivity contribution >= 4 is 23.3 Å². The second-order valence-electron chi connectivity index (χ2n) is 4.85. The maximum Gasteiger partial charge on any atom is 0.314 e. The molecule has 2 heterocycles. The third kappa shape index (κ3) is 3.70. The molecule has 104 valence electrons. The average Bonchev–Trinajstić information content (AvgIpc) is 2.82. The monoisotopic (exact) mass is 281 g/mol. The van der Waals surface area contributed by atoms with Crippen molar-refractivity contribution in [3.8, 4) is 0 Å². The normalized spacial score (nSPS) is 19.2. The van der Waals surface area contributed by atoms with E-state index in [0.29, 0.717) is 19.6 Å². The smallest absolute Gasteiger partial charge is 0.314 e. The van der Waals surface area contributed by atoms with Crippen molar-refractivity contribution in [1.29, 1.82) is 0 Å². The molecule has 1 fully saturated rings. The molecular formula is C13H19N3O2S. The summed E-state index contributed by atoms with van der Waals surface area (Å²) in [4.78, 5) is 27.1. The van der Waals surface area contributed by atoms with Crippen LogP contribution in [-0.4, -0.2) is 29.9 Å². The molecule has 19 heavy (non-hydrogen) atoms. The Labute approximate surface area is 116 Å². The molecule has 0 spiro atoms. The van der Waals surface area contributed by atoms with Gasteiger partial charge in [-0.3, -0.25) is 4.79 Å². The Hall–Kier alpha value is -1.56. The predicted molar refractivity (Wildman–Crippen MR) is 74.8 cm³/mol. The number of hydrogen-bond acceptors (Lipinski definition) is 3. The van der Waals surface area contributed by atoms with Gasteiger partial charge < -0.3 is 16.0 Å². The molecule has 2 rings (SSSR count). The number of urea groups is 1. The molecule has 6 heteroatoms. The summed E-state index contributed by atoms with van der Waals surface area (Å²) in [5, 5.41) is 2.93. The van der Waals surface area contributed by atoms with Gasteiger partial charge in [0.2, 0.25) is 5.91 Å². The first-order valence-electron chi connectivity index (χ1n) is 6.43. The summed E-state index contributed by atoms with van der Waals surface area (Å²) in [6.45, 7) is 3.69. The lowest BCUT2D eigenvalue weighted by Gasteiger charge is -2.30. The van der Waals surface area contributed by atoms with E-state index in [1.165, 1.54) is 4.88 Å². The molecule has 0 bridgehead atoms. The minimum atomic E-state index is -0.439. The summed E-state index contributed by atoms with van der Waals surface area (Å²) in [5.41, 5.74) is 5.25. The highest BCUT2D eigenvalue weighted by Gasteiger charge is 2.27. The molecule has 1 saturated heterocycles. The number of hydrogen-bond donors (Lipinski definition) is 2. The number of nitrogens with one attached hydrogen (secondary N) is 1. The fourth-order valence-corrected chi connectivity index (χ4v) is 3.12. The molecule has 5 nitrogen and oxygen atoms in total. The molecule has 0 aromatic carbocycles. The SMILES string of the molecule is Cc1ccc(CNC(=O)[C@H]2CCCN(C(N)=O)C2)s1. The molecule has 1 aliphatic rings. The number of carbonyl (C=O) groups is 2. The summed E-state index contributed by atoms with van der Waals surface area (Å²) in [6.07, 6.45) is 1.65. The Bertz CT molecular complexity index is 472. The molecule has 0 aliphatic carbocycles. The van der Waals surface area contributed by atoms with Crippen molar-refractivity contribution in [2.24, 2.45) is 11.7 Å². The van der Waals surface area contributed by atoms with Crippen LogP contribution in [0.4, 0.5) is 4.79 Å². The van der Waals surface area contributed by atoms with Crippen LogP contribution < -0.4 is 11.1 Å². The van der Waals surface area contributed by atoms with Crippen molar-refractivity contribution in [2.75, 3.05) is 13.1 Å². The van der Waals surface area contributed by atoms with Gasteiger partial charge in [-0.15, -0.1) is 11.3 Å². The van der Waals surface area contributed by atoms with E-state index < -0.39 is 6.03 Å². The highest BCUT2D eigenvalue weighted by molar-refractivity contribution is 7.11. The minimum absolute atomic E-state index is 0.0111. The first-order chi connectivity index (χ1) is 9.06. The Morgan fingerprint density at radius 3 is 2.95 bits per heavy atom. The molecule has 0 unspecified atom stereocenters. The van der Waals surface area contributed by atoms with Crippen LogP contribution in [0.2, 0.25) is 0 Å². The van der Waals surface area contributed by atoms with Crippen LogP contribution in [0.25, 0.3) is 0 Å². The summed E-state index contributed by atoms with van der Waals surface area (Å²) in [6, 6.07) is 3.63. The van der Waals surface area contributed by atoms with Crippen LogP contribution in [0, 0.1) is 12.8 Å². The number of nitrogens with two attached hydrogens (primary N) is 1. The van der Waals surface area contributed by atoms with E-state index in [1.807, 2.05) is 19.1 Å². The molecule has 0 saturated carbocycles. The Morgan fingerprint density at radius 2 is 2.32 bits per heavy atom. The van der Waals surface area contributed by atoms with Gasteiger partial charge in [-0.25, -0.2) is 4.79 Å². The van der Waals surface area contributed by atoms with E-state index in [2.05, 4.69) is 5.32 Å². The molecule has 3 amide bonds. The van der Waals surface area contributed by atoms with Gasteiger partial charge in [0.25, 0.3) is 0 Å². The number of rotatable bonds is 3.